The molecule has 2 aromatic heterocycles. The Morgan fingerprint density at radius 1 is 1.32 bits per heavy atom. The number of rotatable bonds is 5. The van der Waals surface area contributed by atoms with Gasteiger partial charge in [-0.2, -0.15) is 5.26 Å². The van der Waals surface area contributed by atoms with Crippen LogP contribution in [0, 0.1) is 29.9 Å². The number of halogens is 2. The van der Waals surface area contributed by atoms with E-state index in [0.717, 1.165) is 17.7 Å². The molecule has 1 fully saturated rings. The fourth-order valence-corrected chi connectivity index (χ4v) is 3.97. The molecule has 1 aliphatic rings. The van der Waals surface area contributed by atoms with Crippen LogP contribution in [0.3, 0.4) is 0 Å². The van der Waals surface area contributed by atoms with Gasteiger partial charge in [-0.25, -0.2) is 18.6 Å². The van der Waals surface area contributed by atoms with E-state index in [1.165, 1.54) is 4.90 Å². The van der Waals surface area contributed by atoms with E-state index in [0.29, 0.717) is 11.3 Å². The SMILES string of the molecule is Cc1ccn2c(CC3CN(C(=O)O)CCO3)c(-c3c(F)cc(NC(=O)CC#N)cc3F)nc2c1. The number of hydrogen-bond acceptors (Lipinski definition) is 5. The Morgan fingerprint density at radius 3 is 2.74 bits per heavy atom. The summed E-state index contributed by atoms with van der Waals surface area (Å²) in [4.78, 5) is 28.7. The molecule has 4 rings (SSSR count). The number of imidazole rings is 1. The van der Waals surface area contributed by atoms with Crippen molar-refractivity contribution in [2.75, 3.05) is 25.0 Å². The number of pyridine rings is 1. The molecule has 0 bridgehead atoms. The summed E-state index contributed by atoms with van der Waals surface area (Å²) in [6, 6.07) is 7.20. The van der Waals surface area contributed by atoms with Crippen LogP contribution in [0.25, 0.3) is 16.9 Å². The zero-order chi connectivity index (χ0) is 24.4. The van der Waals surface area contributed by atoms with Crippen molar-refractivity contribution in [3.8, 4) is 17.3 Å². The molecule has 11 heteroatoms. The summed E-state index contributed by atoms with van der Waals surface area (Å²) in [5, 5.41) is 20.2. The highest BCUT2D eigenvalue weighted by molar-refractivity contribution is 5.92. The number of carbonyl (C=O) groups excluding carboxylic acids is 1. The zero-order valence-electron chi connectivity index (χ0n) is 18.2. The van der Waals surface area contributed by atoms with Crippen LogP contribution in [0.4, 0.5) is 19.3 Å². The van der Waals surface area contributed by atoms with Gasteiger partial charge in [-0.05, 0) is 36.8 Å². The molecule has 3 aromatic rings. The molecule has 0 saturated carbocycles. The molecule has 1 aliphatic heterocycles. The molecule has 1 atom stereocenters. The monoisotopic (exact) mass is 469 g/mol. The summed E-state index contributed by atoms with van der Waals surface area (Å²) in [5.74, 6) is -2.56. The van der Waals surface area contributed by atoms with Crippen molar-refractivity contribution in [2.45, 2.75) is 25.9 Å². The number of aryl methyl sites for hydroxylation is 1. The lowest BCUT2D eigenvalue weighted by Gasteiger charge is -2.31. The quantitative estimate of drug-likeness (QED) is 0.591. The molecular formula is C23H21F2N5O4. The van der Waals surface area contributed by atoms with E-state index < -0.39 is 36.2 Å². The number of morpholine rings is 1. The third-order valence-electron chi connectivity index (χ3n) is 5.51. The largest absolute Gasteiger partial charge is 0.465 e. The molecule has 1 saturated heterocycles. The lowest BCUT2D eigenvalue weighted by Crippen LogP contribution is -2.45. The van der Waals surface area contributed by atoms with E-state index in [2.05, 4.69) is 10.3 Å². The van der Waals surface area contributed by atoms with E-state index in [-0.39, 0.29) is 43.1 Å². The first-order valence-corrected chi connectivity index (χ1v) is 10.5. The maximum atomic E-state index is 15.1. The first kappa shape index (κ1) is 23.1. The number of nitrogens with one attached hydrogen (secondary N) is 1. The predicted molar refractivity (Wildman–Crippen MR) is 117 cm³/mol. The average molecular weight is 469 g/mol. The second-order valence-corrected chi connectivity index (χ2v) is 7.96. The Hall–Kier alpha value is -4.04. The van der Waals surface area contributed by atoms with Gasteiger partial charge in [0.05, 0.1) is 42.3 Å². The predicted octanol–water partition coefficient (Wildman–Crippen LogP) is 3.36. The van der Waals surface area contributed by atoms with Crippen LogP contribution >= 0.6 is 0 Å². The lowest BCUT2D eigenvalue weighted by molar-refractivity contribution is -0.115. The van der Waals surface area contributed by atoms with Gasteiger partial charge in [-0.15, -0.1) is 0 Å². The van der Waals surface area contributed by atoms with Crippen LogP contribution in [0.1, 0.15) is 17.7 Å². The highest BCUT2D eigenvalue weighted by atomic mass is 19.1. The highest BCUT2D eigenvalue weighted by Gasteiger charge is 2.28. The van der Waals surface area contributed by atoms with Crippen LogP contribution in [0.5, 0.6) is 0 Å². The third-order valence-corrected chi connectivity index (χ3v) is 5.51. The van der Waals surface area contributed by atoms with Gasteiger partial charge in [0, 0.05) is 24.8 Å². The number of benzene rings is 1. The fourth-order valence-electron chi connectivity index (χ4n) is 3.97. The summed E-state index contributed by atoms with van der Waals surface area (Å²) in [6.45, 7) is 2.43. The van der Waals surface area contributed by atoms with E-state index in [1.54, 1.807) is 22.7 Å². The average Bonchev–Trinajstić information content (AvgIpc) is 3.10. The second kappa shape index (κ2) is 9.44. The van der Waals surface area contributed by atoms with E-state index in [1.807, 2.05) is 13.0 Å². The van der Waals surface area contributed by atoms with Gasteiger partial charge in [0.1, 0.15) is 23.7 Å². The first-order valence-electron chi connectivity index (χ1n) is 10.5. The minimum absolute atomic E-state index is 0.0616. The number of anilines is 1. The van der Waals surface area contributed by atoms with Gasteiger partial charge in [-0.1, -0.05) is 0 Å². The van der Waals surface area contributed by atoms with Gasteiger partial charge in [0.15, 0.2) is 0 Å². The standard InChI is InChI=1S/C23H21F2N5O4/c1-13-3-5-30-18(11-15-12-29(23(32)33)6-7-34-15)22(28-19(30)8-13)21-16(24)9-14(10-17(21)25)27-20(31)2-4-26/h3,5,8-10,15H,2,6-7,11-12H2,1H3,(H,27,31)(H,32,33). The van der Waals surface area contributed by atoms with Gasteiger partial charge >= 0.3 is 6.09 Å². The van der Waals surface area contributed by atoms with Crippen LogP contribution in [0.15, 0.2) is 30.5 Å². The molecule has 2 N–H and O–H groups in total. The minimum Gasteiger partial charge on any atom is -0.465 e. The zero-order valence-corrected chi connectivity index (χ0v) is 18.2. The van der Waals surface area contributed by atoms with Crippen LogP contribution in [-0.4, -0.2) is 57.2 Å². The molecule has 9 nitrogen and oxygen atoms in total. The van der Waals surface area contributed by atoms with E-state index >= 15 is 8.78 Å². The molecule has 2 amide bonds. The van der Waals surface area contributed by atoms with Crippen molar-refractivity contribution in [3.05, 3.63) is 53.4 Å². The van der Waals surface area contributed by atoms with Gasteiger partial charge in [-0.3, -0.25) is 4.79 Å². The molecule has 1 aromatic carbocycles. The van der Waals surface area contributed by atoms with Gasteiger partial charge in [0.25, 0.3) is 0 Å². The molecule has 176 valence electrons. The summed E-state index contributed by atoms with van der Waals surface area (Å²) < 4.78 is 37.7. The van der Waals surface area contributed by atoms with Crippen molar-refractivity contribution in [1.82, 2.24) is 14.3 Å². The van der Waals surface area contributed by atoms with Crippen molar-refractivity contribution in [1.29, 1.82) is 5.26 Å². The normalized spacial score (nSPS) is 15.8. The van der Waals surface area contributed by atoms with E-state index in [9.17, 15) is 14.7 Å². The second-order valence-electron chi connectivity index (χ2n) is 7.96. The number of carboxylic acid groups (broad SMARTS) is 1. The topological polar surface area (TPSA) is 120 Å². The Bertz CT molecular complexity index is 1290. The maximum Gasteiger partial charge on any atom is 0.407 e. The number of aromatic nitrogens is 2. The number of nitrogens with zero attached hydrogens (tertiary/aromatic N) is 4. The summed E-state index contributed by atoms with van der Waals surface area (Å²) >= 11 is 0. The Balaban J connectivity index is 1.76. The Kier molecular flexibility index (Phi) is 6.43. The number of ether oxygens (including phenoxy) is 1. The summed E-state index contributed by atoms with van der Waals surface area (Å²) in [6.07, 6.45) is -0.132. The van der Waals surface area contributed by atoms with E-state index in [4.69, 9.17) is 10.00 Å². The Morgan fingerprint density at radius 2 is 2.06 bits per heavy atom. The smallest absolute Gasteiger partial charge is 0.407 e. The van der Waals surface area contributed by atoms with Crippen molar-refractivity contribution >= 4 is 23.3 Å². The number of amides is 2. The fraction of sp³-hybridized carbons (Fsp3) is 0.304. The molecule has 34 heavy (non-hydrogen) atoms. The van der Waals surface area contributed by atoms with Gasteiger partial charge in [0.2, 0.25) is 5.91 Å². The number of fused-ring (bicyclic) bond motifs is 1. The van der Waals surface area contributed by atoms with Crippen molar-refractivity contribution in [2.24, 2.45) is 0 Å². The maximum absolute atomic E-state index is 15.1. The van der Waals surface area contributed by atoms with Crippen molar-refractivity contribution in [3.63, 3.8) is 0 Å². The molecule has 0 spiro atoms. The highest BCUT2D eigenvalue weighted by Crippen LogP contribution is 2.33. The summed E-state index contributed by atoms with van der Waals surface area (Å²) in [5.41, 5.74) is 1.41. The number of nitriles is 1. The van der Waals surface area contributed by atoms with Gasteiger partial charge < -0.3 is 24.5 Å². The Labute approximate surface area is 193 Å². The summed E-state index contributed by atoms with van der Waals surface area (Å²) in [7, 11) is 0. The van der Waals surface area contributed by atoms with Crippen LogP contribution in [-0.2, 0) is 16.0 Å². The molecule has 0 radical (unpaired) electrons. The van der Waals surface area contributed by atoms with Crippen LogP contribution < -0.4 is 5.32 Å². The lowest BCUT2D eigenvalue weighted by atomic mass is 10.0. The number of hydrogen-bond donors (Lipinski definition) is 2. The molecule has 0 aliphatic carbocycles. The number of carbonyl (C=O) groups is 2. The molecule has 1 unspecified atom stereocenters. The minimum atomic E-state index is -1.06. The molecule has 3 heterocycles. The first-order chi connectivity index (χ1) is 16.3. The molecular weight excluding hydrogens is 448 g/mol. The van der Waals surface area contributed by atoms with Crippen LogP contribution in [0.2, 0.25) is 0 Å². The van der Waals surface area contributed by atoms with Crippen molar-refractivity contribution < 1.29 is 28.2 Å². The third kappa shape index (κ3) is 4.67.